The van der Waals surface area contributed by atoms with Crippen LogP contribution in [0.2, 0.25) is 0 Å². The zero-order chi connectivity index (χ0) is 24.3. The van der Waals surface area contributed by atoms with Crippen molar-refractivity contribution >= 4 is 17.7 Å². The minimum Gasteiger partial charge on any atom is -0.461 e. The number of nitrogens with two attached hydrogens (primary N) is 1. The van der Waals surface area contributed by atoms with Crippen LogP contribution in [-0.2, 0) is 13.0 Å². The first kappa shape index (κ1) is 21.3. The van der Waals surface area contributed by atoms with E-state index in [9.17, 15) is 0 Å². The van der Waals surface area contributed by atoms with E-state index in [0.717, 1.165) is 23.1 Å². The molecule has 0 radical (unpaired) electrons. The Morgan fingerprint density at radius 3 is 2.64 bits per heavy atom. The van der Waals surface area contributed by atoms with Gasteiger partial charge in [0.05, 0.1) is 12.8 Å². The van der Waals surface area contributed by atoms with Gasteiger partial charge in [-0.2, -0.15) is 24.3 Å². The number of benzene rings is 1. The summed E-state index contributed by atoms with van der Waals surface area (Å²) in [5, 5.41) is 20.3. The Hall–Kier alpha value is -5.20. The quantitative estimate of drug-likeness (QED) is 0.328. The van der Waals surface area contributed by atoms with E-state index in [-0.39, 0.29) is 5.95 Å². The van der Waals surface area contributed by atoms with Crippen LogP contribution in [-0.4, -0.2) is 56.3 Å². The summed E-state index contributed by atoms with van der Waals surface area (Å²) in [5.74, 6) is 2.40. The molecule has 0 bridgehead atoms. The van der Waals surface area contributed by atoms with Crippen LogP contribution in [0, 0.1) is 0 Å². The van der Waals surface area contributed by atoms with E-state index < -0.39 is 0 Å². The molecule has 5 aromatic heterocycles. The van der Waals surface area contributed by atoms with Crippen LogP contribution >= 0.6 is 0 Å². The molecular formula is C23H20N12O. The lowest BCUT2D eigenvalue weighted by molar-refractivity contribution is 0.572. The number of hydrogen-bond acceptors (Lipinski definition) is 11. The second kappa shape index (κ2) is 9.21. The second-order valence-electron chi connectivity index (χ2n) is 7.91. The van der Waals surface area contributed by atoms with E-state index in [1.54, 1.807) is 35.6 Å². The predicted octanol–water partition coefficient (Wildman–Crippen LogP) is 2.11. The zero-order valence-electron chi connectivity index (χ0n) is 18.9. The molecule has 0 amide bonds. The molecule has 0 atom stereocenters. The molecule has 6 aromatic rings. The topological polar surface area (TPSA) is 164 Å². The molecule has 0 aliphatic carbocycles. The number of nitrogens with one attached hydrogen (secondary N) is 1. The number of nitrogens with zero attached hydrogens (tertiary/aromatic N) is 10. The van der Waals surface area contributed by atoms with E-state index >= 15 is 0 Å². The molecule has 5 heterocycles. The molecule has 0 unspecified atom stereocenters. The lowest BCUT2D eigenvalue weighted by Gasteiger charge is -2.06. The number of rotatable bonds is 8. The molecule has 6 rings (SSSR count). The highest BCUT2D eigenvalue weighted by atomic mass is 16.3. The van der Waals surface area contributed by atoms with Crippen LogP contribution in [0.3, 0.4) is 0 Å². The standard InChI is InChI=1S/C23H20N12O/c24-21-28-22(29-23-27-20(32-35(21)23)18-4-2-12-36-18)26-11-9-15-5-7-17(8-6-15)19-30-33-34(31-19)14-16-3-1-10-25-13-16/h1-8,10,12-13H,9,11,14H2,(H3,24,26,27,28,29,32). The summed E-state index contributed by atoms with van der Waals surface area (Å²) in [4.78, 5) is 18.7. The summed E-state index contributed by atoms with van der Waals surface area (Å²) in [6, 6.07) is 15.4. The van der Waals surface area contributed by atoms with Crippen molar-refractivity contribution in [1.29, 1.82) is 0 Å². The summed E-state index contributed by atoms with van der Waals surface area (Å²) in [5.41, 5.74) is 9.07. The summed E-state index contributed by atoms with van der Waals surface area (Å²) in [6.07, 6.45) is 5.82. The first-order valence-electron chi connectivity index (χ1n) is 11.2. The van der Waals surface area contributed by atoms with Crippen molar-refractivity contribution in [2.75, 3.05) is 17.6 Å². The summed E-state index contributed by atoms with van der Waals surface area (Å²) < 4.78 is 6.71. The number of pyridine rings is 1. The van der Waals surface area contributed by atoms with Gasteiger partial charge in [0.2, 0.25) is 23.5 Å². The lowest BCUT2D eigenvalue weighted by atomic mass is 10.1. The van der Waals surface area contributed by atoms with Gasteiger partial charge < -0.3 is 15.5 Å². The third kappa shape index (κ3) is 4.44. The molecule has 0 spiro atoms. The van der Waals surface area contributed by atoms with E-state index in [1.165, 1.54) is 4.52 Å². The molecule has 3 N–H and O–H groups in total. The highest BCUT2D eigenvalue weighted by molar-refractivity contribution is 5.54. The molecule has 13 heteroatoms. The van der Waals surface area contributed by atoms with Crippen molar-refractivity contribution in [2.45, 2.75) is 13.0 Å². The highest BCUT2D eigenvalue weighted by Crippen LogP contribution is 2.18. The Morgan fingerprint density at radius 1 is 0.917 bits per heavy atom. The Kier molecular flexibility index (Phi) is 5.46. The van der Waals surface area contributed by atoms with Gasteiger partial charge in [-0.05, 0) is 41.0 Å². The van der Waals surface area contributed by atoms with Gasteiger partial charge in [-0.3, -0.25) is 4.98 Å². The molecular weight excluding hydrogens is 460 g/mol. The molecule has 36 heavy (non-hydrogen) atoms. The number of tetrazole rings is 1. The Bertz CT molecular complexity index is 1590. The second-order valence-corrected chi connectivity index (χ2v) is 7.91. The van der Waals surface area contributed by atoms with Gasteiger partial charge in [0.25, 0.3) is 5.78 Å². The van der Waals surface area contributed by atoms with Crippen molar-refractivity contribution < 1.29 is 4.42 Å². The van der Waals surface area contributed by atoms with Crippen molar-refractivity contribution in [3.05, 3.63) is 78.3 Å². The smallest absolute Gasteiger partial charge is 0.259 e. The first-order chi connectivity index (χ1) is 17.7. The number of aromatic nitrogens is 10. The predicted molar refractivity (Wildman–Crippen MR) is 129 cm³/mol. The number of nitrogen functional groups attached to an aromatic ring is 1. The van der Waals surface area contributed by atoms with Crippen LogP contribution in [0.4, 0.5) is 11.9 Å². The van der Waals surface area contributed by atoms with E-state index in [4.69, 9.17) is 10.2 Å². The summed E-state index contributed by atoms with van der Waals surface area (Å²) in [6.45, 7) is 1.12. The van der Waals surface area contributed by atoms with E-state index in [1.807, 2.05) is 36.4 Å². The fraction of sp³-hybridized carbons (Fsp3) is 0.130. The molecule has 0 saturated carbocycles. The van der Waals surface area contributed by atoms with Gasteiger partial charge in [0, 0.05) is 24.5 Å². The third-order valence-electron chi connectivity index (χ3n) is 5.38. The number of hydrogen-bond donors (Lipinski definition) is 2. The molecule has 0 aliphatic heterocycles. The van der Waals surface area contributed by atoms with Gasteiger partial charge in [0.1, 0.15) is 0 Å². The maximum atomic E-state index is 6.04. The van der Waals surface area contributed by atoms with Gasteiger partial charge in [-0.1, -0.05) is 30.3 Å². The Balaban J connectivity index is 1.08. The summed E-state index contributed by atoms with van der Waals surface area (Å²) in [7, 11) is 0. The van der Waals surface area contributed by atoms with Crippen molar-refractivity contribution in [3.63, 3.8) is 0 Å². The number of anilines is 2. The van der Waals surface area contributed by atoms with Crippen LogP contribution in [0.25, 0.3) is 28.8 Å². The fourth-order valence-corrected chi connectivity index (χ4v) is 3.61. The van der Waals surface area contributed by atoms with Gasteiger partial charge in [-0.25, -0.2) is 0 Å². The van der Waals surface area contributed by atoms with Crippen molar-refractivity contribution in [1.82, 2.24) is 49.8 Å². The number of furan rings is 1. The monoisotopic (exact) mass is 480 g/mol. The average molecular weight is 480 g/mol. The molecule has 0 saturated heterocycles. The normalized spacial score (nSPS) is 11.2. The van der Waals surface area contributed by atoms with Crippen LogP contribution in [0.1, 0.15) is 11.1 Å². The minimum absolute atomic E-state index is 0.182. The summed E-state index contributed by atoms with van der Waals surface area (Å²) >= 11 is 0. The van der Waals surface area contributed by atoms with Gasteiger partial charge in [0.15, 0.2) is 5.76 Å². The van der Waals surface area contributed by atoms with Crippen molar-refractivity contribution in [3.8, 4) is 23.0 Å². The SMILES string of the molecule is Nc1nc(NCCc2ccc(-c3nnn(Cc4cccnc4)n3)cc2)nc2nc(-c3ccco3)nn12. The first-order valence-corrected chi connectivity index (χ1v) is 11.2. The third-order valence-corrected chi connectivity index (χ3v) is 5.38. The largest absolute Gasteiger partial charge is 0.461 e. The van der Waals surface area contributed by atoms with Crippen LogP contribution in [0.5, 0.6) is 0 Å². The average Bonchev–Trinajstić information content (AvgIpc) is 3.66. The zero-order valence-corrected chi connectivity index (χ0v) is 18.9. The van der Waals surface area contributed by atoms with Gasteiger partial charge >= 0.3 is 0 Å². The molecule has 178 valence electrons. The van der Waals surface area contributed by atoms with Crippen LogP contribution < -0.4 is 11.1 Å². The molecule has 13 nitrogen and oxygen atoms in total. The van der Waals surface area contributed by atoms with E-state index in [0.29, 0.717) is 42.2 Å². The van der Waals surface area contributed by atoms with Crippen molar-refractivity contribution in [2.24, 2.45) is 0 Å². The van der Waals surface area contributed by atoms with E-state index in [2.05, 4.69) is 45.8 Å². The Morgan fingerprint density at radius 2 is 1.83 bits per heavy atom. The highest BCUT2D eigenvalue weighted by Gasteiger charge is 2.14. The van der Waals surface area contributed by atoms with Gasteiger partial charge in [-0.15, -0.1) is 15.3 Å². The lowest BCUT2D eigenvalue weighted by Crippen LogP contribution is -2.12. The van der Waals surface area contributed by atoms with Crippen LogP contribution in [0.15, 0.2) is 71.6 Å². The number of fused-ring (bicyclic) bond motifs is 1. The maximum absolute atomic E-state index is 6.04. The molecule has 1 aromatic carbocycles. The fourth-order valence-electron chi connectivity index (χ4n) is 3.61. The minimum atomic E-state index is 0.182. The maximum Gasteiger partial charge on any atom is 0.259 e. The molecule has 0 aliphatic rings. The molecule has 0 fully saturated rings. The Labute approximate surface area is 204 Å².